The van der Waals surface area contributed by atoms with Gasteiger partial charge in [-0.1, -0.05) is 19.9 Å². The second-order valence-corrected chi connectivity index (χ2v) is 4.06. The first kappa shape index (κ1) is 12.6. The molecule has 0 aromatic carbocycles. The lowest BCUT2D eigenvalue weighted by Gasteiger charge is -2.29. The molecule has 0 saturated heterocycles. The molecule has 16 heavy (non-hydrogen) atoms. The van der Waals surface area contributed by atoms with E-state index >= 15 is 0 Å². The molecular formula is C11H15FN2O2. The molecule has 0 aliphatic carbocycles. The van der Waals surface area contributed by atoms with Crippen LogP contribution in [0.5, 0.6) is 0 Å². The Balaban J connectivity index is 3.11. The molecule has 1 aromatic rings. The van der Waals surface area contributed by atoms with Crippen LogP contribution in [-0.2, 0) is 14.9 Å². The zero-order valence-corrected chi connectivity index (χ0v) is 9.53. The van der Waals surface area contributed by atoms with Crippen LogP contribution in [0.25, 0.3) is 0 Å². The summed E-state index contributed by atoms with van der Waals surface area (Å²) in [7, 11) is 1.25. The van der Waals surface area contributed by atoms with Crippen molar-refractivity contribution in [2.45, 2.75) is 25.3 Å². The number of hydrogen-bond donors (Lipinski definition) is 1. The van der Waals surface area contributed by atoms with E-state index in [4.69, 9.17) is 5.73 Å². The fraction of sp³-hybridized carbons (Fsp3) is 0.455. The first-order valence-electron chi connectivity index (χ1n) is 4.85. The average Bonchev–Trinajstić information content (AvgIpc) is 2.27. The van der Waals surface area contributed by atoms with E-state index in [0.717, 1.165) is 0 Å². The molecule has 1 heterocycles. The summed E-state index contributed by atoms with van der Waals surface area (Å²) in [6, 6.07) is 2.23. The summed E-state index contributed by atoms with van der Waals surface area (Å²) in [6.45, 7) is 3.35. The number of esters is 1. The fourth-order valence-electron chi connectivity index (χ4n) is 1.46. The van der Waals surface area contributed by atoms with Crippen molar-refractivity contribution in [3.05, 3.63) is 29.8 Å². The van der Waals surface area contributed by atoms with Gasteiger partial charge in [0.1, 0.15) is 6.04 Å². The zero-order valence-electron chi connectivity index (χ0n) is 9.53. The Hall–Kier alpha value is -1.49. The maximum atomic E-state index is 13.5. The number of aromatic nitrogens is 1. The average molecular weight is 226 g/mol. The standard InChI is InChI=1S/C11H15FN2O2/c1-11(2,8(13)10(15)16-3)7-5-4-6-14-9(7)12/h4-6,8H,13H2,1-3H3. The van der Waals surface area contributed by atoms with Crippen molar-refractivity contribution < 1.29 is 13.9 Å². The Morgan fingerprint density at radius 1 is 1.62 bits per heavy atom. The second kappa shape index (κ2) is 4.57. The number of pyridine rings is 1. The Kier molecular flexibility index (Phi) is 3.59. The van der Waals surface area contributed by atoms with E-state index in [-0.39, 0.29) is 0 Å². The van der Waals surface area contributed by atoms with Crippen LogP contribution in [0.1, 0.15) is 19.4 Å². The van der Waals surface area contributed by atoms with Crippen molar-refractivity contribution in [2.75, 3.05) is 7.11 Å². The van der Waals surface area contributed by atoms with Crippen molar-refractivity contribution in [3.8, 4) is 0 Å². The smallest absolute Gasteiger partial charge is 0.323 e. The minimum Gasteiger partial charge on any atom is -0.468 e. The van der Waals surface area contributed by atoms with Gasteiger partial charge in [0.05, 0.1) is 7.11 Å². The van der Waals surface area contributed by atoms with E-state index < -0.39 is 23.4 Å². The molecule has 1 rings (SSSR count). The van der Waals surface area contributed by atoms with E-state index in [1.165, 1.54) is 13.3 Å². The highest BCUT2D eigenvalue weighted by atomic mass is 19.1. The molecular weight excluding hydrogens is 211 g/mol. The molecule has 0 radical (unpaired) electrons. The van der Waals surface area contributed by atoms with Crippen molar-refractivity contribution >= 4 is 5.97 Å². The SMILES string of the molecule is COC(=O)C(N)C(C)(C)c1cccnc1F. The lowest BCUT2D eigenvalue weighted by Crippen LogP contribution is -2.48. The van der Waals surface area contributed by atoms with Crippen molar-refractivity contribution in [3.63, 3.8) is 0 Å². The molecule has 0 bridgehead atoms. The molecule has 88 valence electrons. The number of nitrogens with two attached hydrogens (primary N) is 1. The third-order valence-corrected chi connectivity index (χ3v) is 2.69. The maximum absolute atomic E-state index is 13.5. The van der Waals surface area contributed by atoms with Gasteiger partial charge in [0.2, 0.25) is 5.95 Å². The minimum absolute atomic E-state index is 0.299. The van der Waals surface area contributed by atoms with Gasteiger partial charge in [-0.3, -0.25) is 4.79 Å². The number of rotatable bonds is 3. The summed E-state index contributed by atoms with van der Waals surface area (Å²) in [6.07, 6.45) is 1.35. The molecule has 0 amide bonds. The van der Waals surface area contributed by atoms with Crippen LogP contribution >= 0.6 is 0 Å². The number of nitrogens with zero attached hydrogens (tertiary/aromatic N) is 1. The van der Waals surface area contributed by atoms with Crippen LogP contribution in [-0.4, -0.2) is 24.1 Å². The number of carbonyl (C=O) groups excluding carboxylic acids is 1. The van der Waals surface area contributed by atoms with E-state index in [2.05, 4.69) is 9.72 Å². The zero-order chi connectivity index (χ0) is 12.3. The minimum atomic E-state index is -0.934. The van der Waals surface area contributed by atoms with Gasteiger partial charge in [-0.25, -0.2) is 4.98 Å². The number of carbonyl (C=O) groups is 1. The van der Waals surface area contributed by atoms with Gasteiger partial charge in [0.15, 0.2) is 0 Å². The second-order valence-electron chi connectivity index (χ2n) is 4.06. The van der Waals surface area contributed by atoms with Crippen LogP contribution in [0, 0.1) is 5.95 Å². The molecule has 1 atom stereocenters. The normalized spacial score (nSPS) is 13.3. The van der Waals surface area contributed by atoms with Gasteiger partial charge in [-0.2, -0.15) is 4.39 Å². The molecule has 0 spiro atoms. The largest absolute Gasteiger partial charge is 0.468 e. The van der Waals surface area contributed by atoms with Crippen molar-refractivity contribution in [1.29, 1.82) is 0 Å². The van der Waals surface area contributed by atoms with Gasteiger partial charge in [-0.15, -0.1) is 0 Å². The first-order valence-corrected chi connectivity index (χ1v) is 4.85. The van der Waals surface area contributed by atoms with Gasteiger partial charge < -0.3 is 10.5 Å². The highest BCUT2D eigenvalue weighted by Crippen LogP contribution is 2.27. The Labute approximate surface area is 93.6 Å². The molecule has 4 nitrogen and oxygen atoms in total. The molecule has 2 N–H and O–H groups in total. The Bertz CT molecular complexity index is 393. The highest BCUT2D eigenvalue weighted by Gasteiger charge is 2.36. The lowest BCUT2D eigenvalue weighted by molar-refractivity contribution is -0.143. The highest BCUT2D eigenvalue weighted by molar-refractivity contribution is 5.77. The van der Waals surface area contributed by atoms with E-state index in [1.807, 2.05) is 0 Å². The van der Waals surface area contributed by atoms with Crippen LogP contribution in [0.4, 0.5) is 4.39 Å². The first-order chi connectivity index (χ1) is 7.41. The molecule has 0 saturated carbocycles. The monoisotopic (exact) mass is 226 g/mol. The summed E-state index contributed by atoms with van der Waals surface area (Å²) in [5.41, 5.74) is 5.17. The van der Waals surface area contributed by atoms with E-state index in [1.54, 1.807) is 26.0 Å². The molecule has 5 heteroatoms. The Morgan fingerprint density at radius 3 is 2.75 bits per heavy atom. The van der Waals surface area contributed by atoms with Crippen molar-refractivity contribution in [1.82, 2.24) is 4.98 Å². The van der Waals surface area contributed by atoms with Crippen molar-refractivity contribution in [2.24, 2.45) is 5.73 Å². The lowest BCUT2D eigenvalue weighted by atomic mass is 9.78. The third kappa shape index (κ3) is 2.19. The summed E-state index contributed by atoms with van der Waals surface area (Å²) in [5, 5.41) is 0. The Morgan fingerprint density at radius 2 is 2.25 bits per heavy atom. The molecule has 0 aliphatic heterocycles. The number of halogens is 1. The number of methoxy groups -OCH3 is 1. The summed E-state index contributed by atoms with van der Waals surface area (Å²) in [5.74, 6) is -1.19. The van der Waals surface area contributed by atoms with Crippen LogP contribution < -0.4 is 5.73 Å². The van der Waals surface area contributed by atoms with Gasteiger partial charge in [0.25, 0.3) is 0 Å². The molecule has 1 unspecified atom stereocenters. The molecule has 1 aromatic heterocycles. The summed E-state index contributed by atoms with van der Waals surface area (Å²) in [4.78, 5) is 14.9. The summed E-state index contributed by atoms with van der Waals surface area (Å²) < 4.78 is 18.0. The van der Waals surface area contributed by atoms with Gasteiger partial charge in [0, 0.05) is 17.2 Å². The van der Waals surface area contributed by atoms with Crippen LogP contribution in [0.2, 0.25) is 0 Å². The molecule has 0 aliphatic rings. The van der Waals surface area contributed by atoms with Gasteiger partial charge >= 0.3 is 5.97 Å². The number of hydrogen-bond acceptors (Lipinski definition) is 4. The van der Waals surface area contributed by atoms with Gasteiger partial charge in [-0.05, 0) is 6.07 Å². The molecule has 0 fully saturated rings. The topological polar surface area (TPSA) is 65.2 Å². The van der Waals surface area contributed by atoms with Crippen LogP contribution in [0.15, 0.2) is 18.3 Å². The van der Waals surface area contributed by atoms with Crippen LogP contribution in [0.3, 0.4) is 0 Å². The quantitative estimate of drug-likeness (QED) is 0.616. The maximum Gasteiger partial charge on any atom is 0.323 e. The summed E-state index contributed by atoms with van der Waals surface area (Å²) >= 11 is 0. The number of ether oxygens (including phenoxy) is 1. The predicted octanol–water partition coefficient (Wildman–Crippen LogP) is 0.999. The fourth-order valence-corrected chi connectivity index (χ4v) is 1.46. The third-order valence-electron chi connectivity index (χ3n) is 2.69. The predicted molar refractivity (Wildman–Crippen MR) is 57.2 cm³/mol. The van der Waals surface area contributed by atoms with E-state index in [9.17, 15) is 9.18 Å². The van der Waals surface area contributed by atoms with E-state index in [0.29, 0.717) is 5.56 Å².